The number of urea groups is 1. The van der Waals surface area contributed by atoms with E-state index in [0.717, 1.165) is 12.8 Å². The Bertz CT molecular complexity index is 307. The van der Waals surface area contributed by atoms with Crippen LogP contribution < -0.4 is 5.48 Å². The monoisotopic (exact) mass is 330 g/mol. The molecule has 0 atom stereocenters. The van der Waals surface area contributed by atoms with E-state index < -0.39 is 0 Å². The number of hydroxylamine groups is 1. The SMILES string of the molecule is CCCCCCCCCCC(=O)OCONC(=O)N(CC)CC. The van der Waals surface area contributed by atoms with Gasteiger partial charge in [0.05, 0.1) is 0 Å². The molecule has 0 aliphatic heterocycles. The molecule has 0 unspecified atom stereocenters. The lowest BCUT2D eigenvalue weighted by molar-refractivity contribution is -0.161. The van der Waals surface area contributed by atoms with Crippen LogP contribution in [0.1, 0.15) is 78.6 Å². The second-order valence-corrected chi connectivity index (χ2v) is 5.58. The highest BCUT2D eigenvalue weighted by molar-refractivity contribution is 5.72. The van der Waals surface area contributed by atoms with Crippen LogP contribution in [0.2, 0.25) is 0 Å². The first-order chi connectivity index (χ1) is 11.2. The Kier molecular flexibility index (Phi) is 14.7. The van der Waals surface area contributed by atoms with Gasteiger partial charge in [-0.1, -0.05) is 51.9 Å². The van der Waals surface area contributed by atoms with Crippen molar-refractivity contribution in [2.24, 2.45) is 0 Å². The van der Waals surface area contributed by atoms with Crippen molar-refractivity contribution in [1.82, 2.24) is 10.4 Å². The zero-order chi connectivity index (χ0) is 17.3. The number of nitrogens with zero attached hydrogens (tertiary/aromatic N) is 1. The van der Waals surface area contributed by atoms with Gasteiger partial charge >= 0.3 is 12.0 Å². The molecule has 0 aromatic rings. The molecule has 0 aromatic heterocycles. The van der Waals surface area contributed by atoms with Crippen molar-refractivity contribution in [3.63, 3.8) is 0 Å². The highest BCUT2D eigenvalue weighted by Gasteiger charge is 2.09. The lowest BCUT2D eigenvalue weighted by Crippen LogP contribution is -2.40. The Morgan fingerprint density at radius 1 is 0.870 bits per heavy atom. The van der Waals surface area contributed by atoms with E-state index >= 15 is 0 Å². The molecule has 0 aliphatic rings. The maximum absolute atomic E-state index is 11.5. The lowest BCUT2D eigenvalue weighted by atomic mass is 10.1. The Morgan fingerprint density at radius 3 is 2.00 bits per heavy atom. The van der Waals surface area contributed by atoms with Crippen molar-refractivity contribution < 1.29 is 19.2 Å². The van der Waals surface area contributed by atoms with Crippen LogP contribution in [0.4, 0.5) is 4.79 Å². The van der Waals surface area contributed by atoms with Crippen molar-refractivity contribution in [3.8, 4) is 0 Å². The minimum absolute atomic E-state index is 0.247. The Balaban J connectivity index is 3.42. The molecule has 136 valence electrons. The molecule has 0 radical (unpaired) electrons. The second kappa shape index (κ2) is 15.6. The van der Waals surface area contributed by atoms with Gasteiger partial charge in [0, 0.05) is 19.5 Å². The van der Waals surface area contributed by atoms with E-state index in [9.17, 15) is 9.59 Å². The highest BCUT2D eigenvalue weighted by atomic mass is 16.8. The van der Waals surface area contributed by atoms with E-state index in [1.807, 2.05) is 13.8 Å². The van der Waals surface area contributed by atoms with Gasteiger partial charge in [-0.3, -0.25) is 4.79 Å². The first-order valence-electron chi connectivity index (χ1n) is 8.97. The largest absolute Gasteiger partial charge is 0.436 e. The summed E-state index contributed by atoms with van der Waals surface area (Å²) in [6.45, 7) is 6.93. The fraction of sp³-hybridized carbons (Fsp3) is 0.882. The van der Waals surface area contributed by atoms with Crippen LogP contribution in [0.25, 0.3) is 0 Å². The third-order valence-corrected chi connectivity index (χ3v) is 3.72. The van der Waals surface area contributed by atoms with E-state index in [0.29, 0.717) is 19.5 Å². The van der Waals surface area contributed by atoms with Gasteiger partial charge in [0.25, 0.3) is 0 Å². The number of nitrogens with one attached hydrogen (secondary N) is 1. The molecule has 0 aromatic carbocycles. The molecule has 0 saturated carbocycles. The molecule has 0 bridgehead atoms. The summed E-state index contributed by atoms with van der Waals surface area (Å²) in [5.74, 6) is -0.284. The summed E-state index contributed by atoms with van der Waals surface area (Å²) >= 11 is 0. The van der Waals surface area contributed by atoms with Gasteiger partial charge in [-0.25, -0.2) is 15.1 Å². The summed E-state index contributed by atoms with van der Waals surface area (Å²) in [4.78, 5) is 29.4. The van der Waals surface area contributed by atoms with E-state index in [1.54, 1.807) is 4.90 Å². The van der Waals surface area contributed by atoms with E-state index in [2.05, 4.69) is 12.4 Å². The standard InChI is InChI=1S/C17H34N2O4/c1-4-7-8-9-10-11-12-13-14-16(20)22-15-23-18-17(21)19(5-2)6-3/h4-15H2,1-3H3,(H,18,21). The van der Waals surface area contributed by atoms with Crippen LogP contribution in [0.3, 0.4) is 0 Å². The van der Waals surface area contributed by atoms with Gasteiger partial charge in [-0.05, 0) is 20.3 Å². The van der Waals surface area contributed by atoms with Crippen LogP contribution in [-0.4, -0.2) is 36.8 Å². The molecule has 2 amide bonds. The van der Waals surface area contributed by atoms with Gasteiger partial charge in [0.15, 0.2) is 0 Å². The average molecular weight is 330 g/mol. The highest BCUT2D eigenvalue weighted by Crippen LogP contribution is 2.09. The molecule has 0 spiro atoms. The van der Waals surface area contributed by atoms with E-state index in [4.69, 9.17) is 9.57 Å². The molecule has 6 heteroatoms. The summed E-state index contributed by atoms with van der Waals surface area (Å²) in [6, 6.07) is -0.325. The van der Waals surface area contributed by atoms with Crippen molar-refractivity contribution in [2.75, 3.05) is 19.9 Å². The first kappa shape index (κ1) is 21.7. The smallest absolute Gasteiger partial charge is 0.341 e. The predicted octanol–water partition coefficient (Wildman–Crippen LogP) is 4.00. The number of carbonyl (C=O) groups is 2. The third kappa shape index (κ3) is 12.9. The fourth-order valence-electron chi connectivity index (χ4n) is 2.24. The number of rotatable bonds is 14. The first-order valence-corrected chi connectivity index (χ1v) is 8.97. The number of carbonyl (C=O) groups excluding carboxylic acids is 2. The van der Waals surface area contributed by atoms with Crippen LogP contribution in [0.15, 0.2) is 0 Å². The predicted molar refractivity (Wildman–Crippen MR) is 90.7 cm³/mol. The third-order valence-electron chi connectivity index (χ3n) is 3.72. The Morgan fingerprint density at radius 2 is 1.43 bits per heavy atom. The van der Waals surface area contributed by atoms with Crippen LogP contribution >= 0.6 is 0 Å². The summed E-state index contributed by atoms with van der Waals surface area (Å²) in [6.07, 6.45) is 9.92. The molecule has 0 fully saturated rings. The molecule has 0 rings (SSSR count). The fourth-order valence-corrected chi connectivity index (χ4v) is 2.24. The van der Waals surface area contributed by atoms with Crippen LogP contribution in [-0.2, 0) is 14.4 Å². The molecule has 23 heavy (non-hydrogen) atoms. The summed E-state index contributed by atoms with van der Waals surface area (Å²) in [5.41, 5.74) is 2.25. The molecule has 0 saturated heterocycles. The minimum atomic E-state index is -0.325. The number of unbranched alkanes of at least 4 members (excludes halogenated alkanes) is 7. The number of ether oxygens (including phenoxy) is 1. The van der Waals surface area contributed by atoms with Crippen LogP contribution in [0.5, 0.6) is 0 Å². The number of amides is 2. The van der Waals surface area contributed by atoms with Gasteiger partial charge in [-0.15, -0.1) is 0 Å². The summed E-state index contributed by atoms with van der Waals surface area (Å²) in [7, 11) is 0. The molecule has 0 heterocycles. The summed E-state index contributed by atoms with van der Waals surface area (Å²) < 4.78 is 4.90. The minimum Gasteiger partial charge on any atom is -0.436 e. The molecule has 6 nitrogen and oxygen atoms in total. The molecule has 1 N–H and O–H groups in total. The van der Waals surface area contributed by atoms with Crippen molar-refractivity contribution in [3.05, 3.63) is 0 Å². The maximum atomic E-state index is 11.5. The van der Waals surface area contributed by atoms with Crippen molar-refractivity contribution in [1.29, 1.82) is 0 Å². The lowest BCUT2D eigenvalue weighted by Gasteiger charge is -2.18. The molecule has 0 aliphatic carbocycles. The number of esters is 1. The zero-order valence-corrected chi connectivity index (χ0v) is 15.1. The molecular formula is C17H34N2O4. The number of hydrogen-bond donors (Lipinski definition) is 1. The van der Waals surface area contributed by atoms with E-state index in [1.165, 1.54) is 38.5 Å². The Labute approximate surface area is 140 Å². The van der Waals surface area contributed by atoms with Gasteiger partial charge < -0.3 is 9.64 Å². The second-order valence-electron chi connectivity index (χ2n) is 5.58. The quantitative estimate of drug-likeness (QED) is 0.226. The maximum Gasteiger partial charge on any atom is 0.341 e. The van der Waals surface area contributed by atoms with Crippen molar-refractivity contribution in [2.45, 2.75) is 78.6 Å². The average Bonchev–Trinajstić information content (AvgIpc) is 2.55. The van der Waals surface area contributed by atoms with Gasteiger partial charge in [0.1, 0.15) is 0 Å². The van der Waals surface area contributed by atoms with Crippen LogP contribution in [0, 0.1) is 0 Å². The normalized spacial score (nSPS) is 10.4. The number of hydrogen-bond acceptors (Lipinski definition) is 4. The topological polar surface area (TPSA) is 67.9 Å². The van der Waals surface area contributed by atoms with Gasteiger partial charge in [0.2, 0.25) is 6.79 Å². The van der Waals surface area contributed by atoms with E-state index in [-0.39, 0.29) is 18.8 Å². The zero-order valence-electron chi connectivity index (χ0n) is 15.1. The van der Waals surface area contributed by atoms with Crippen molar-refractivity contribution >= 4 is 12.0 Å². The summed E-state index contributed by atoms with van der Waals surface area (Å²) in [5, 5.41) is 0. The Hall–Kier alpha value is -1.30. The van der Waals surface area contributed by atoms with Gasteiger partial charge in [-0.2, -0.15) is 0 Å². The molecular weight excluding hydrogens is 296 g/mol.